The smallest absolute Gasteiger partial charge is 0.131 e. The van der Waals surface area contributed by atoms with Gasteiger partial charge in [0.15, 0.2) is 0 Å². The molecule has 2 nitrogen and oxygen atoms in total. The highest BCUT2D eigenvalue weighted by Crippen LogP contribution is 2.28. The number of thiophene rings is 1. The van der Waals surface area contributed by atoms with Gasteiger partial charge in [0.1, 0.15) is 5.82 Å². The third-order valence-electron chi connectivity index (χ3n) is 4.04. The predicted octanol–water partition coefficient (Wildman–Crippen LogP) is 3.74. The van der Waals surface area contributed by atoms with Crippen LogP contribution in [0.3, 0.4) is 0 Å². The maximum Gasteiger partial charge on any atom is 0.131 e. The second-order valence-electron chi connectivity index (χ2n) is 5.77. The van der Waals surface area contributed by atoms with Gasteiger partial charge in [-0.2, -0.15) is 0 Å². The minimum Gasteiger partial charge on any atom is -0.309 e. The number of nitrogens with zero attached hydrogens (tertiary/aromatic N) is 1. The summed E-state index contributed by atoms with van der Waals surface area (Å²) in [4.78, 5) is 3.36. The van der Waals surface area contributed by atoms with Gasteiger partial charge in [0, 0.05) is 29.6 Å². The molecule has 1 aromatic carbocycles. The van der Waals surface area contributed by atoms with Crippen molar-refractivity contribution >= 4 is 11.3 Å². The zero-order valence-electron chi connectivity index (χ0n) is 12.3. The highest BCUT2D eigenvalue weighted by Gasteiger charge is 2.16. The molecule has 1 aliphatic rings. The second-order valence-corrected chi connectivity index (χ2v) is 6.72. The van der Waals surface area contributed by atoms with Crippen LogP contribution in [-0.2, 0) is 6.54 Å². The van der Waals surface area contributed by atoms with E-state index >= 15 is 0 Å². The zero-order valence-corrected chi connectivity index (χ0v) is 13.1. The normalized spacial score (nSPS) is 19.8. The first kappa shape index (κ1) is 14.7. The van der Waals surface area contributed by atoms with Crippen LogP contribution in [0.25, 0.3) is 10.4 Å². The largest absolute Gasteiger partial charge is 0.309 e. The third-order valence-corrected chi connectivity index (χ3v) is 4.94. The minimum atomic E-state index is -0.140. The molecular weight excluding hydrogens is 283 g/mol. The fourth-order valence-electron chi connectivity index (χ4n) is 2.90. The molecular formula is C17H21FN2S. The summed E-state index contributed by atoms with van der Waals surface area (Å²) in [6.07, 6.45) is 2.47. The highest BCUT2D eigenvalue weighted by atomic mass is 32.1. The van der Waals surface area contributed by atoms with E-state index in [1.165, 1.54) is 19.4 Å². The number of benzene rings is 1. The van der Waals surface area contributed by atoms with Crippen LogP contribution in [0.4, 0.5) is 4.39 Å². The fraction of sp³-hybridized carbons (Fsp3) is 0.412. The van der Waals surface area contributed by atoms with Gasteiger partial charge in [-0.1, -0.05) is 12.1 Å². The molecule has 3 rings (SSSR count). The molecule has 4 heteroatoms. The van der Waals surface area contributed by atoms with Crippen molar-refractivity contribution in [1.82, 2.24) is 10.2 Å². The van der Waals surface area contributed by atoms with E-state index < -0.39 is 0 Å². The van der Waals surface area contributed by atoms with Crippen LogP contribution in [0.15, 0.2) is 35.7 Å². The maximum atomic E-state index is 14.0. The summed E-state index contributed by atoms with van der Waals surface area (Å²) in [6.45, 7) is 3.09. The number of rotatable bonds is 4. The average molecular weight is 304 g/mol. The molecule has 1 saturated heterocycles. The molecule has 1 unspecified atom stereocenters. The van der Waals surface area contributed by atoms with E-state index in [1.807, 2.05) is 29.6 Å². The van der Waals surface area contributed by atoms with Crippen LogP contribution in [0.2, 0.25) is 0 Å². The summed E-state index contributed by atoms with van der Waals surface area (Å²) in [5, 5.41) is 5.58. The number of likely N-dealkylation sites (tertiary alicyclic amines) is 1. The summed E-state index contributed by atoms with van der Waals surface area (Å²) in [6, 6.07) is 9.91. The standard InChI is InChI=1S/C17H21FN2S/c1-20-8-2-4-14(12-20)19-11-13-6-7-16(18)15(10-13)17-5-3-9-21-17/h3,5-7,9-10,14,19H,2,4,8,11-12H2,1H3. The van der Waals surface area contributed by atoms with Crippen LogP contribution in [0.5, 0.6) is 0 Å². The molecule has 112 valence electrons. The van der Waals surface area contributed by atoms with Crippen LogP contribution < -0.4 is 5.32 Å². The molecule has 21 heavy (non-hydrogen) atoms. The topological polar surface area (TPSA) is 15.3 Å². The van der Waals surface area contributed by atoms with Gasteiger partial charge in [-0.25, -0.2) is 4.39 Å². The van der Waals surface area contributed by atoms with Crippen LogP contribution >= 0.6 is 11.3 Å². The van der Waals surface area contributed by atoms with Crippen LogP contribution in [0, 0.1) is 5.82 Å². The lowest BCUT2D eigenvalue weighted by molar-refractivity contribution is 0.226. The van der Waals surface area contributed by atoms with Gasteiger partial charge in [-0.15, -0.1) is 11.3 Å². The van der Waals surface area contributed by atoms with Gasteiger partial charge in [0.25, 0.3) is 0 Å². The molecule has 0 spiro atoms. The Kier molecular flexibility index (Phi) is 4.68. The number of nitrogens with one attached hydrogen (secondary N) is 1. The van der Waals surface area contributed by atoms with Gasteiger partial charge in [-0.05, 0) is 55.6 Å². The molecule has 0 saturated carbocycles. The number of halogens is 1. The molecule has 0 amide bonds. The summed E-state index contributed by atoms with van der Waals surface area (Å²) in [5.41, 5.74) is 1.86. The Hall–Kier alpha value is -1.23. The number of likely N-dealkylation sites (N-methyl/N-ethyl adjacent to an activating group) is 1. The summed E-state index contributed by atoms with van der Waals surface area (Å²) in [7, 11) is 2.17. The van der Waals surface area contributed by atoms with Crippen LogP contribution in [0.1, 0.15) is 18.4 Å². The summed E-state index contributed by atoms with van der Waals surface area (Å²) in [5.74, 6) is -0.140. The Labute approximate surface area is 129 Å². The quantitative estimate of drug-likeness (QED) is 0.925. The second kappa shape index (κ2) is 6.69. The van der Waals surface area contributed by atoms with Crippen molar-refractivity contribution in [2.24, 2.45) is 0 Å². The minimum absolute atomic E-state index is 0.140. The van der Waals surface area contributed by atoms with Crippen molar-refractivity contribution in [1.29, 1.82) is 0 Å². The first-order chi connectivity index (χ1) is 10.2. The van der Waals surface area contributed by atoms with Gasteiger partial charge in [0.2, 0.25) is 0 Å². The molecule has 1 fully saturated rings. The van der Waals surface area contributed by atoms with Gasteiger partial charge < -0.3 is 10.2 Å². The lowest BCUT2D eigenvalue weighted by Crippen LogP contribution is -2.43. The monoisotopic (exact) mass is 304 g/mol. The van der Waals surface area contributed by atoms with Crippen molar-refractivity contribution < 1.29 is 4.39 Å². The Morgan fingerprint density at radius 1 is 1.38 bits per heavy atom. The summed E-state index contributed by atoms with van der Waals surface area (Å²) < 4.78 is 14.0. The van der Waals surface area contributed by atoms with E-state index in [0.29, 0.717) is 11.6 Å². The highest BCUT2D eigenvalue weighted by molar-refractivity contribution is 7.13. The van der Waals surface area contributed by atoms with Crippen molar-refractivity contribution in [2.75, 3.05) is 20.1 Å². The van der Waals surface area contributed by atoms with E-state index in [0.717, 1.165) is 23.5 Å². The Balaban J connectivity index is 1.67. The van der Waals surface area contributed by atoms with E-state index in [9.17, 15) is 4.39 Å². The van der Waals surface area contributed by atoms with Crippen molar-refractivity contribution in [3.63, 3.8) is 0 Å². The van der Waals surface area contributed by atoms with Crippen molar-refractivity contribution in [3.8, 4) is 10.4 Å². The lowest BCUT2D eigenvalue weighted by atomic mass is 10.0. The van der Waals surface area contributed by atoms with E-state index in [-0.39, 0.29) is 5.82 Å². The van der Waals surface area contributed by atoms with E-state index in [2.05, 4.69) is 17.3 Å². The molecule has 1 N–H and O–H groups in total. The average Bonchev–Trinajstić information content (AvgIpc) is 3.00. The number of piperidine rings is 1. The van der Waals surface area contributed by atoms with Gasteiger partial charge in [-0.3, -0.25) is 0 Å². The first-order valence-electron chi connectivity index (χ1n) is 7.46. The maximum absolute atomic E-state index is 14.0. The van der Waals surface area contributed by atoms with E-state index in [1.54, 1.807) is 17.4 Å². The predicted molar refractivity (Wildman–Crippen MR) is 87.1 cm³/mol. The van der Waals surface area contributed by atoms with E-state index in [4.69, 9.17) is 0 Å². The molecule has 1 aromatic heterocycles. The SMILES string of the molecule is CN1CCCC(NCc2ccc(F)c(-c3cccs3)c2)C1. The molecule has 0 bridgehead atoms. The molecule has 1 atom stereocenters. The molecule has 0 aliphatic carbocycles. The fourth-order valence-corrected chi connectivity index (χ4v) is 3.64. The Morgan fingerprint density at radius 3 is 3.05 bits per heavy atom. The van der Waals surface area contributed by atoms with Gasteiger partial charge >= 0.3 is 0 Å². The van der Waals surface area contributed by atoms with Crippen LogP contribution in [-0.4, -0.2) is 31.1 Å². The first-order valence-corrected chi connectivity index (χ1v) is 8.34. The Morgan fingerprint density at radius 2 is 2.29 bits per heavy atom. The molecule has 0 radical (unpaired) electrons. The Bertz CT molecular complexity index is 582. The van der Waals surface area contributed by atoms with Gasteiger partial charge in [0.05, 0.1) is 0 Å². The lowest BCUT2D eigenvalue weighted by Gasteiger charge is -2.30. The third kappa shape index (κ3) is 3.70. The summed E-state index contributed by atoms with van der Waals surface area (Å²) >= 11 is 1.58. The zero-order chi connectivity index (χ0) is 14.7. The number of hydrogen-bond donors (Lipinski definition) is 1. The number of hydrogen-bond acceptors (Lipinski definition) is 3. The van der Waals surface area contributed by atoms with Crippen molar-refractivity contribution in [3.05, 3.63) is 47.1 Å². The van der Waals surface area contributed by atoms with Crippen molar-refractivity contribution in [2.45, 2.75) is 25.4 Å². The molecule has 2 heterocycles. The molecule has 1 aliphatic heterocycles. The molecule has 2 aromatic rings.